The van der Waals surface area contributed by atoms with E-state index < -0.39 is 11.9 Å². The molecule has 1 heterocycles. The molecule has 0 spiro atoms. The first-order valence-corrected chi connectivity index (χ1v) is 5.54. The lowest BCUT2D eigenvalue weighted by molar-refractivity contribution is 0.0525. The van der Waals surface area contributed by atoms with Gasteiger partial charge in [-0.3, -0.25) is 4.98 Å². The molecule has 0 bridgehead atoms. The van der Waals surface area contributed by atoms with Crippen molar-refractivity contribution in [3.63, 3.8) is 0 Å². The summed E-state index contributed by atoms with van der Waals surface area (Å²) in [5.74, 6) is -1.14. The van der Waals surface area contributed by atoms with Gasteiger partial charge in [0.2, 0.25) is 5.95 Å². The van der Waals surface area contributed by atoms with Crippen LogP contribution >= 0.6 is 12.4 Å². The van der Waals surface area contributed by atoms with Crippen molar-refractivity contribution < 1.29 is 13.9 Å². The van der Waals surface area contributed by atoms with E-state index in [1.54, 1.807) is 20.8 Å². The third-order valence-electron chi connectivity index (χ3n) is 2.16. The molecule has 0 aliphatic carbocycles. The largest absolute Gasteiger partial charge is 0.462 e. The summed E-state index contributed by atoms with van der Waals surface area (Å²) in [6, 6.07) is 2.69. The molecule has 0 N–H and O–H groups in total. The van der Waals surface area contributed by atoms with Crippen molar-refractivity contribution in [1.82, 2.24) is 9.97 Å². The fraction of sp³-hybridized carbons (Fsp3) is 0.308. The topological polar surface area (TPSA) is 52.1 Å². The first-order valence-electron chi connectivity index (χ1n) is 5.54. The maximum absolute atomic E-state index is 13.2. The van der Waals surface area contributed by atoms with E-state index in [0.717, 1.165) is 0 Å². The number of carbonyl (C=O) groups excluding carboxylic acids is 1. The van der Waals surface area contributed by atoms with Crippen molar-refractivity contribution in [2.45, 2.75) is 20.8 Å². The molecule has 6 heteroatoms. The smallest absolute Gasteiger partial charge is 0.340 e. The zero-order valence-corrected chi connectivity index (χ0v) is 11.8. The number of aryl methyl sites for hydroxylation is 2. The van der Waals surface area contributed by atoms with E-state index >= 15 is 0 Å². The summed E-state index contributed by atoms with van der Waals surface area (Å²) in [5, 5.41) is 0. The standard InChI is InChI=1S/C13H15FN2O2.ClH/c1-4-18-13(17)11-8-15-10(3)5-6-12(14)16-7-9(11)2;/h5-8H,4H2,1-3H3;1H. The Bertz CT molecular complexity index is 508. The third kappa shape index (κ3) is 5.61. The Balaban J connectivity index is 0.00000324. The number of esters is 1. The molecule has 1 aromatic heterocycles. The quantitative estimate of drug-likeness (QED) is 0.784. The monoisotopic (exact) mass is 286 g/mol. The van der Waals surface area contributed by atoms with E-state index in [-0.39, 0.29) is 24.6 Å². The number of hydrogen-bond donors (Lipinski definition) is 0. The van der Waals surface area contributed by atoms with Gasteiger partial charge >= 0.3 is 5.97 Å². The fourth-order valence-electron chi connectivity index (χ4n) is 1.19. The Morgan fingerprint density at radius 1 is 1.26 bits per heavy atom. The maximum Gasteiger partial charge on any atom is 0.340 e. The summed E-state index contributed by atoms with van der Waals surface area (Å²) >= 11 is 0. The average Bonchev–Trinajstić information content (AvgIpc) is 2.33. The van der Waals surface area contributed by atoms with Crippen LogP contribution in [0.4, 0.5) is 4.39 Å². The van der Waals surface area contributed by atoms with E-state index in [1.165, 1.54) is 24.5 Å². The molecule has 0 saturated heterocycles. The highest BCUT2D eigenvalue weighted by molar-refractivity contribution is 5.90. The summed E-state index contributed by atoms with van der Waals surface area (Å²) in [7, 11) is 0. The zero-order chi connectivity index (χ0) is 13.5. The van der Waals surface area contributed by atoms with Crippen LogP contribution in [0.2, 0.25) is 0 Å². The number of halogens is 2. The van der Waals surface area contributed by atoms with Gasteiger partial charge in [-0.05, 0) is 38.5 Å². The highest BCUT2D eigenvalue weighted by Crippen LogP contribution is 2.05. The number of rotatable bonds is 2. The van der Waals surface area contributed by atoms with Crippen molar-refractivity contribution in [3.05, 3.63) is 47.3 Å². The van der Waals surface area contributed by atoms with Gasteiger partial charge < -0.3 is 4.74 Å². The molecule has 0 amide bonds. The summed E-state index contributed by atoms with van der Waals surface area (Å²) in [5.41, 5.74) is 1.33. The number of hydrogen-bond acceptors (Lipinski definition) is 4. The third-order valence-corrected chi connectivity index (χ3v) is 2.16. The highest BCUT2D eigenvalue weighted by atomic mass is 35.5. The van der Waals surface area contributed by atoms with Crippen LogP contribution in [-0.2, 0) is 4.74 Å². The van der Waals surface area contributed by atoms with Gasteiger partial charge in [0.15, 0.2) is 0 Å². The summed E-state index contributed by atoms with van der Waals surface area (Å²) in [6.07, 6.45) is 2.68. The van der Waals surface area contributed by atoms with E-state index in [4.69, 9.17) is 4.74 Å². The summed E-state index contributed by atoms with van der Waals surface area (Å²) < 4.78 is 18.1. The second-order valence-electron chi connectivity index (χ2n) is 3.63. The lowest BCUT2D eigenvalue weighted by Gasteiger charge is -2.02. The maximum atomic E-state index is 13.2. The van der Waals surface area contributed by atoms with Gasteiger partial charge in [-0.1, -0.05) is 0 Å². The van der Waals surface area contributed by atoms with Crippen LogP contribution in [0.25, 0.3) is 0 Å². The zero-order valence-electron chi connectivity index (χ0n) is 11.0. The molecular formula is C13H16ClFN2O2. The normalized spacial score (nSPS) is 9.05. The molecule has 0 aromatic carbocycles. The molecule has 0 saturated carbocycles. The summed E-state index contributed by atoms with van der Waals surface area (Å²) in [4.78, 5) is 19.3. The van der Waals surface area contributed by atoms with E-state index in [9.17, 15) is 9.18 Å². The van der Waals surface area contributed by atoms with Gasteiger partial charge in [0, 0.05) is 18.1 Å². The summed E-state index contributed by atoms with van der Waals surface area (Å²) in [6.45, 7) is 5.33. The van der Waals surface area contributed by atoms with E-state index in [2.05, 4.69) is 9.97 Å². The Kier molecular flexibility index (Phi) is 7.60. The second-order valence-corrected chi connectivity index (χ2v) is 3.63. The number of nitrogens with zero attached hydrogens (tertiary/aromatic N) is 2. The number of aromatic nitrogens is 2. The molecule has 0 unspecified atom stereocenters. The minimum Gasteiger partial charge on any atom is -0.462 e. The van der Waals surface area contributed by atoms with Crippen LogP contribution in [-0.4, -0.2) is 22.5 Å². The van der Waals surface area contributed by atoms with Crippen LogP contribution in [0.1, 0.15) is 28.5 Å². The Morgan fingerprint density at radius 3 is 2.58 bits per heavy atom. The van der Waals surface area contributed by atoms with Crippen molar-refractivity contribution in [1.29, 1.82) is 0 Å². The molecule has 19 heavy (non-hydrogen) atoms. The second kappa shape index (κ2) is 8.37. The first kappa shape index (κ1) is 17.2. The number of ether oxygens (including phenoxy) is 1. The molecule has 0 fully saturated rings. The molecule has 104 valence electrons. The predicted octanol–water partition coefficient (Wildman–Crippen LogP) is 2.96. The van der Waals surface area contributed by atoms with Gasteiger partial charge in [0.1, 0.15) is 0 Å². The SMILES string of the molecule is CCOC(=O)c1cnc(C)ccc(F)ncc1C.Cl. The van der Waals surface area contributed by atoms with Gasteiger partial charge in [-0.2, -0.15) is 4.39 Å². The average molecular weight is 287 g/mol. The molecule has 4 nitrogen and oxygen atoms in total. The highest BCUT2D eigenvalue weighted by Gasteiger charge is 2.08. The minimum atomic E-state index is -0.644. The Morgan fingerprint density at radius 2 is 1.95 bits per heavy atom. The van der Waals surface area contributed by atoms with Gasteiger partial charge in [-0.15, -0.1) is 12.4 Å². The molecule has 1 rings (SSSR count). The predicted molar refractivity (Wildman–Crippen MR) is 72.3 cm³/mol. The Labute approximate surface area is 117 Å². The van der Waals surface area contributed by atoms with Crippen molar-refractivity contribution in [3.8, 4) is 0 Å². The van der Waals surface area contributed by atoms with Gasteiger partial charge in [-0.25, -0.2) is 9.78 Å². The first-order chi connectivity index (χ1) is 8.54. The van der Waals surface area contributed by atoms with Crippen LogP contribution in [0.15, 0.2) is 24.5 Å². The van der Waals surface area contributed by atoms with Crippen molar-refractivity contribution in [2.24, 2.45) is 0 Å². The lowest BCUT2D eigenvalue weighted by atomic mass is 10.2. The molecular weight excluding hydrogens is 271 g/mol. The van der Waals surface area contributed by atoms with Crippen LogP contribution < -0.4 is 0 Å². The van der Waals surface area contributed by atoms with Crippen molar-refractivity contribution >= 4 is 18.4 Å². The minimum absolute atomic E-state index is 0. The van der Waals surface area contributed by atoms with E-state index in [1.807, 2.05) is 0 Å². The fourth-order valence-corrected chi connectivity index (χ4v) is 1.19. The molecule has 0 aliphatic heterocycles. The molecule has 1 aromatic rings. The van der Waals surface area contributed by atoms with Crippen LogP contribution in [0, 0.1) is 19.8 Å². The van der Waals surface area contributed by atoms with Gasteiger partial charge in [0.25, 0.3) is 0 Å². The molecule has 0 aliphatic rings. The van der Waals surface area contributed by atoms with Gasteiger partial charge in [0.05, 0.1) is 12.2 Å². The van der Waals surface area contributed by atoms with Crippen LogP contribution in [0.3, 0.4) is 0 Å². The lowest BCUT2D eigenvalue weighted by Crippen LogP contribution is -2.06. The van der Waals surface area contributed by atoms with E-state index in [0.29, 0.717) is 11.3 Å². The number of carbonyl (C=O) groups is 1. The molecule has 0 atom stereocenters. The molecule has 0 radical (unpaired) electrons. The van der Waals surface area contributed by atoms with Crippen LogP contribution in [0.5, 0.6) is 0 Å². The Hall–Kier alpha value is -1.75. The van der Waals surface area contributed by atoms with Crippen molar-refractivity contribution in [2.75, 3.05) is 6.61 Å².